The molecule has 1 aromatic carbocycles. The van der Waals surface area contributed by atoms with Gasteiger partial charge in [-0.05, 0) is 31.2 Å². The van der Waals surface area contributed by atoms with Crippen LogP contribution in [0.4, 0.5) is 5.69 Å². The van der Waals surface area contributed by atoms with Crippen LogP contribution in [0, 0.1) is 6.92 Å². The maximum absolute atomic E-state index is 11.9. The van der Waals surface area contributed by atoms with Crippen molar-refractivity contribution in [2.75, 3.05) is 25.0 Å². The Hall–Kier alpha value is -1.59. The van der Waals surface area contributed by atoms with Gasteiger partial charge in [-0.1, -0.05) is 24.6 Å². The lowest BCUT2D eigenvalue weighted by Crippen LogP contribution is -2.34. The van der Waals surface area contributed by atoms with Crippen molar-refractivity contribution in [3.63, 3.8) is 0 Å². The van der Waals surface area contributed by atoms with Crippen molar-refractivity contribution in [3.8, 4) is 0 Å². The molecule has 0 radical (unpaired) electrons. The van der Waals surface area contributed by atoms with E-state index in [9.17, 15) is 9.59 Å². The van der Waals surface area contributed by atoms with Crippen LogP contribution < -0.4 is 5.32 Å². The first-order valence-electron chi connectivity index (χ1n) is 6.42. The van der Waals surface area contributed by atoms with Crippen LogP contribution in [0.3, 0.4) is 0 Å². The van der Waals surface area contributed by atoms with E-state index in [2.05, 4.69) is 5.32 Å². The Balaban J connectivity index is 2.57. The predicted molar refractivity (Wildman–Crippen MR) is 79.2 cm³/mol. The van der Waals surface area contributed by atoms with E-state index in [0.717, 1.165) is 5.56 Å². The van der Waals surface area contributed by atoms with E-state index in [1.807, 2.05) is 19.9 Å². The number of carboxylic acid groups (broad SMARTS) is 1. The number of halogens is 1. The van der Waals surface area contributed by atoms with Gasteiger partial charge in [0.2, 0.25) is 5.91 Å². The van der Waals surface area contributed by atoms with E-state index >= 15 is 0 Å². The second kappa shape index (κ2) is 7.87. The molecule has 0 spiro atoms. The van der Waals surface area contributed by atoms with Crippen molar-refractivity contribution in [2.45, 2.75) is 20.3 Å². The summed E-state index contributed by atoms with van der Waals surface area (Å²) in [5.41, 5.74) is 1.60. The first-order valence-corrected chi connectivity index (χ1v) is 6.80. The van der Waals surface area contributed by atoms with Crippen LogP contribution in [-0.4, -0.2) is 41.5 Å². The van der Waals surface area contributed by atoms with Crippen LogP contribution in [0.25, 0.3) is 0 Å². The summed E-state index contributed by atoms with van der Waals surface area (Å²) in [5, 5.41) is 12.0. The molecular formula is C14H19ClN2O3. The van der Waals surface area contributed by atoms with Gasteiger partial charge in [-0.2, -0.15) is 0 Å². The number of aliphatic carboxylic acids is 1. The van der Waals surface area contributed by atoms with Crippen LogP contribution in [-0.2, 0) is 9.59 Å². The zero-order valence-corrected chi connectivity index (χ0v) is 12.4. The number of rotatable bonds is 7. The smallest absolute Gasteiger partial charge is 0.304 e. The third kappa shape index (κ3) is 5.59. The minimum atomic E-state index is -0.866. The van der Waals surface area contributed by atoms with Crippen molar-refractivity contribution in [2.24, 2.45) is 0 Å². The fourth-order valence-corrected chi connectivity index (χ4v) is 1.90. The number of likely N-dealkylation sites (N-methyl/N-ethyl adjacent to an activating group) is 1. The predicted octanol–water partition coefficient (Wildman–Crippen LogP) is 2.38. The molecule has 1 rings (SSSR count). The molecule has 0 fully saturated rings. The number of anilines is 1. The third-order valence-electron chi connectivity index (χ3n) is 2.93. The zero-order valence-electron chi connectivity index (χ0n) is 11.6. The van der Waals surface area contributed by atoms with Gasteiger partial charge in [0.25, 0.3) is 0 Å². The van der Waals surface area contributed by atoms with Gasteiger partial charge in [-0.25, -0.2) is 0 Å². The number of aryl methyl sites for hydroxylation is 1. The summed E-state index contributed by atoms with van der Waals surface area (Å²) < 4.78 is 0. The Bertz CT molecular complexity index is 491. The maximum atomic E-state index is 11.9. The SMILES string of the molecule is CCN(CCC(=O)O)CC(=O)Nc1cc(Cl)ccc1C. The number of nitrogens with one attached hydrogen (secondary N) is 1. The number of carbonyl (C=O) groups is 2. The second-order valence-corrected chi connectivity index (χ2v) is 4.96. The lowest BCUT2D eigenvalue weighted by atomic mass is 10.2. The van der Waals surface area contributed by atoms with Crippen molar-refractivity contribution >= 4 is 29.2 Å². The molecular weight excluding hydrogens is 280 g/mol. The molecule has 2 N–H and O–H groups in total. The molecule has 0 heterocycles. The summed E-state index contributed by atoms with van der Waals surface area (Å²) in [6.07, 6.45) is 0.0251. The van der Waals surface area contributed by atoms with Crippen LogP contribution >= 0.6 is 11.6 Å². The van der Waals surface area contributed by atoms with Gasteiger partial charge in [0.05, 0.1) is 13.0 Å². The number of amides is 1. The Morgan fingerprint density at radius 3 is 2.70 bits per heavy atom. The van der Waals surface area contributed by atoms with Gasteiger partial charge in [0.15, 0.2) is 0 Å². The van der Waals surface area contributed by atoms with Crippen molar-refractivity contribution in [1.82, 2.24) is 4.90 Å². The van der Waals surface area contributed by atoms with Crippen LogP contribution in [0.15, 0.2) is 18.2 Å². The highest BCUT2D eigenvalue weighted by molar-refractivity contribution is 6.31. The molecule has 0 aliphatic heterocycles. The first kappa shape index (κ1) is 16.5. The molecule has 5 nitrogen and oxygen atoms in total. The lowest BCUT2D eigenvalue weighted by molar-refractivity contribution is -0.137. The van der Waals surface area contributed by atoms with Crippen LogP contribution in [0.2, 0.25) is 5.02 Å². The molecule has 0 aliphatic rings. The van der Waals surface area contributed by atoms with Crippen LogP contribution in [0.1, 0.15) is 18.9 Å². The van der Waals surface area contributed by atoms with Gasteiger partial charge >= 0.3 is 5.97 Å². The van der Waals surface area contributed by atoms with Crippen molar-refractivity contribution in [3.05, 3.63) is 28.8 Å². The highest BCUT2D eigenvalue weighted by atomic mass is 35.5. The van der Waals surface area contributed by atoms with E-state index in [0.29, 0.717) is 23.8 Å². The second-order valence-electron chi connectivity index (χ2n) is 4.52. The number of hydrogen-bond donors (Lipinski definition) is 2. The third-order valence-corrected chi connectivity index (χ3v) is 3.17. The fourth-order valence-electron chi connectivity index (χ4n) is 1.72. The van der Waals surface area contributed by atoms with Gasteiger partial charge in [-0.15, -0.1) is 0 Å². The van der Waals surface area contributed by atoms with Gasteiger partial charge in [0.1, 0.15) is 0 Å². The Morgan fingerprint density at radius 1 is 1.40 bits per heavy atom. The van der Waals surface area contributed by atoms with E-state index in [4.69, 9.17) is 16.7 Å². The number of benzene rings is 1. The normalized spacial score (nSPS) is 10.6. The molecule has 0 saturated carbocycles. The molecule has 6 heteroatoms. The van der Waals surface area contributed by atoms with E-state index in [1.165, 1.54) is 0 Å². The summed E-state index contributed by atoms with van der Waals surface area (Å²) in [7, 11) is 0. The zero-order chi connectivity index (χ0) is 15.1. The summed E-state index contributed by atoms with van der Waals surface area (Å²) in [6, 6.07) is 5.29. The van der Waals surface area contributed by atoms with E-state index in [-0.39, 0.29) is 18.9 Å². The number of hydrogen-bond acceptors (Lipinski definition) is 3. The van der Waals surface area contributed by atoms with Gasteiger partial charge in [0, 0.05) is 17.3 Å². The van der Waals surface area contributed by atoms with E-state index < -0.39 is 5.97 Å². The standard InChI is InChI=1S/C14H19ClN2O3/c1-3-17(7-6-14(19)20)9-13(18)16-12-8-11(15)5-4-10(12)2/h4-5,8H,3,6-7,9H2,1-2H3,(H,16,18)(H,19,20). The average Bonchev–Trinajstić information content (AvgIpc) is 2.38. The largest absolute Gasteiger partial charge is 0.481 e. The number of nitrogens with zero attached hydrogens (tertiary/aromatic N) is 1. The summed E-state index contributed by atoms with van der Waals surface area (Å²) in [4.78, 5) is 24.3. The highest BCUT2D eigenvalue weighted by Gasteiger charge is 2.11. The lowest BCUT2D eigenvalue weighted by Gasteiger charge is -2.19. The highest BCUT2D eigenvalue weighted by Crippen LogP contribution is 2.20. The number of carboxylic acids is 1. The molecule has 0 aromatic heterocycles. The molecule has 0 bridgehead atoms. The van der Waals surface area contributed by atoms with E-state index in [1.54, 1.807) is 17.0 Å². The molecule has 0 aliphatic carbocycles. The minimum Gasteiger partial charge on any atom is -0.481 e. The summed E-state index contributed by atoms with van der Waals surface area (Å²) >= 11 is 5.89. The molecule has 0 saturated heterocycles. The first-order chi connectivity index (χ1) is 9.42. The van der Waals surface area contributed by atoms with Crippen molar-refractivity contribution < 1.29 is 14.7 Å². The summed E-state index contributed by atoms with van der Waals surface area (Å²) in [5.74, 6) is -1.04. The van der Waals surface area contributed by atoms with Crippen molar-refractivity contribution in [1.29, 1.82) is 0 Å². The Morgan fingerprint density at radius 2 is 2.10 bits per heavy atom. The summed E-state index contributed by atoms with van der Waals surface area (Å²) in [6.45, 7) is 4.91. The molecule has 110 valence electrons. The quantitative estimate of drug-likeness (QED) is 0.811. The van der Waals surface area contributed by atoms with Gasteiger partial charge in [-0.3, -0.25) is 14.5 Å². The molecule has 1 aromatic rings. The Kier molecular flexibility index (Phi) is 6.48. The molecule has 20 heavy (non-hydrogen) atoms. The number of carbonyl (C=O) groups excluding carboxylic acids is 1. The monoisotopic (exact) mass is 298 g/mol. The molecule has 0 atom stereocenters. The maximum Gasteiger partial charge on any atom is 0.304 e. The minimum absolute atomic E-state index is 0.0251. The molecule has 0 unspecified atom stereocenters. The Labute approximate surface area is 123 Å². The molecule has 1 amide bonds. The van der Waals surface area contributed by atoms with Gasteiger partial charge < -0.3 is 10.4 Å². The average molecular weight is 299 g/mol. The topological polar surface area (TPSA) is 69.6 Å². The fraction of sp³-hybridized carbons (Fsp3) is 0.429. The van der Waals surface area contributed by atoms with Crippen LogP contribution in [0.5, 0.6) is 0 Å².